The number of rotatable bonds is 8. The molecule has 0 bridgehead atoms. The van der Waals surface area contributed by atoms with E-state index in [1.54, 1.807) is 48.5 Å². The van der Waals surface area contributed by atoms with E-state index in [4.69, 9.17) is 16.3 Å². The fourth-order valence-corrected chi connectivity index (χ4v) is 5.03. The molecule has 1 N–H and O–H groups in total. The summed E-state index contributed by atoms with van der Waals surface area (Å²) in [6, 6.07) is 18.8. The van der Waals surface area contributed by atoms with E-state index in [9.17, 15) is 17.6 Å². The van der Waals surface area contributed by atoms with Gasteiger partial charge in [-0.1, -0.05) is 41.9 Å². The van der Waals surface area contributed by atoms with Gasteiger partial charge in [0.05, 0.1) is 9.90 Å². The maximum Gasteiger partial charge on any atom is 0.284 e. The summed E-state index contributed by atoms with van der Waals surface area (Å²) in [5, 5.41) is 2.58. The average molecular weight is 517 g/mol. The van der Waals surface area contributed by atoms with Gasteiger partial charge in [-0.3, -0.25) is 4.79 Å². The summed E-state index contributed by atoms with van der Waals surface area (Å²) in [7, 11) is -4.00. The zero-order chi connectivity index (χ0) is 24.1. The topological polar surface area (TPSA) is 85.4 Å². The Bertz CT molecular complexity index is 1410. The molecule has 0 aliphatic carbocycles. The van der Waals surface area contributed by atoms with Gasteiger partial charge in [-0.05, 0) is 48.0 Å². The Kier molecular flexibility index (Phi) is 7.26. The van der Waals surface area contributed by atoms with Gasteiger partial charge in [0.2, 0.25) is 0 Å². The van der Waals surface area contributed by atoms with E-state index in [0.717, 1.165) is 11.1 Å². The van der Waals surface area contributed by atoms with Crippen LogP contribution in [0.4, 0.5) is 4.39 Å². The molecule has 6 nitrogen and oxygen atoms in total. The molecule has 4 rings (SSSR count). The van der Waals surface area contributed by atoms with Gasteiger partial charge in [0.1, 0.15) is 23.9 Å². The van der Waals surface area contributed by atoms with Gasteiger partial charge >= 0.3 is 0 Å². The Morgan fingerprint density at radius 2 is 1.79 bits per heavy atom. The van der Waals surface area contributed by atoms with Crippen LogP contribution in [-0.2, 0) is 23.1 Å². The number of carbonyl (C=O) groups excluding carboxylic acids is 1. The van der Waals surface area contributed by atoms with Gasteiger partial charge in [-0.2, -0.15) is 0 Å². The minimum absolute atomic E-state index is 0.00434. The molecule has 1 amide bonds. The number of sulfonamides is 1. The molecule has 0 unspecified atom stereocenters. The minimum Gasteiger partial charge on any atom is -0.489 e. The number of thiazole rings is 1. The molecule has 0 aliphatic rings. The molecule has 10 heteroatoms. The normalized spacial score (nSPS) is 11.2. The van der Waals surface area contributed by atoms with Crippen molar-refractivity contribution in [1.82, 2.24) is 9.71 Å². The monoisotopic (exact) mass is 516 g/mol. The van der Waals surface area contributed by atoms with Gasteiger partial charge in [0, 0.05) is 22.4 Å². The number of carbonyl (C=O) groups is 1. The number of hydrogen-bond donors (Lipinski definition) is 1. The largest absolute Gasteiger partial charge is 0.489 e. The van der Waals surface area contributed by atoms with Crippen molar-refractivity contribution in [2.75, 3.05) is 0 Å². The zero-order valence-corrected chi connectivity index (χ0v) is 20.0. The molecular weight excluding hydrogens is 499 g/mol. The molecule has 0 saturated heterocycles. The van der Waals surface area contributed by atoms with E-state index in [0.29, 0.717) is 22.2 Å². The van der Waals surface area contributed by atoms with Crippen LogP contribution in [-0.4, -0.2) is 19.3 Å². The highest BCUT2D eigenvalue weighted by Gasteiger charge is 2.20. The first-order valence-corrected chi connectivity index (χ1v) is 12.8. The van der Waals surface area contributed by atoms with E-state index < -0.39 is 15.9 Å². The van der Waals surface area contributed by atoms with Crippen molar-refractivity contribution < 1.29 is 22.3 Å². The second-order valence-corrected chi connectivity index (χ2v) is 10.3. The van der Waals surface area contributed by atoms with Crippen LogP contribution in [0.1, 0.15) is 26.6 Å². The summed E-state index contributed by atoms with van der Waals surface area (Å²) in [6.07, 6.45) is 0.322. The Morgan fingerprint density at radius 1 is 1.06 bits per heavy atom. The number of halogens is 2. The fraction of sp³-hybridized carbons (Fsp3) is 0.0833. The number of aromatic nitrogens is 1. The molecule has 174 valence electrons. The highest BCUT2D eigenvalue weighted by atomic mass is 35.5. The number of nitrogens with zero attached hydrogens (tertiary/aromatic N) is 1. The van der Waals surface area contributed by atoms with E-state index in [1.807, 2.05) is 4.72 Å². The van der Waals surface area contributed by atoms with Crippen LogP contribution >= 0.6 is 22.9 Å². The first-order valence-electron chi connectivity index (χ1n) is 10.0. The summed E-state index contributed by atoms with van der Waals surface area (Å²) in [5.74, 6) is -0.567. The molecular formula is C24H18ClFN2O4S2. The van der Waals surface area contributed by atoms with E-state index in [-0.39, 0.29) is 23.0 Å². The lowest BCUT2D eigenvalue weighted by atomic mass is 10.1. The van der Waals surface area contributed by atoms with Crippen LogP contribution in [0.15, 0.2) is 83.1 Å². The van der Waals surface area contributed by atoms with Gasteiger partial charge in [-0.25, -0.2) is 22.5 Å². The third-order valence-electron chi connectivity index (χ3n) is 4.74. The summed E-state index contributed by atoms with van der Waals surface area (Å²) >= 11 is 7.38. The number of ether oxygens (including phenoxy) is 1. The summed E-state index contributed by atoms with van der Waals surface area (Å²) < 4.78 is 45.8. The second-order valence-electron chi connectivity index (χ2n) is 7.22. The van der Waals surface area contributed by atoms with Gasteiger partial charge in [0.25, 0.3) is 15.9 Å². The van der Waals surface area contributed by atoms with Gasteiger partial charge in [0.15, 0.2) is 0 Å². The van der Waals surface area contributed by atoms with Crippen molar-refractivity contribution in [2.24, 2.45) is 0 Å². The second kappa shape index (κ2) is 10.3. The molecule has 3 aromatic carbocycles. The molecule has 1 aromatic heterocycles. The number of benzene rings is 3. The predicted octanol–water partition coefficient (Wildman–Crippen LogP) is 5.22. The molecule has 0 saturated carbocycles. The fourth-order valence-electron chi connectivity index (χ4n) is 3.06. The third-order valence-corrected chi connectivity index (χ3v) is 7.17. The van der Waals surface area contributed by atoms with Crippen molar-refractivity contribution in [3.8, 4) is 5.75 Å². The van der Waals surface area contributed by atoms with Crippen LogP contribution in [0.2, 0.25) is 5.02 Å². The SMILES string of the molecule is O=C(NS(=O)(=O)c1ccccc1)c1csc(Cc2cc(Cl)ccc2OCc2ccc(F)cc2)n1. The standard InChI is InChI=1S/C24H18ClFN2O4S2/c25-18-8-11-22(32-14-16-6-9-19(26)10-7-16)17(12-18)13-23-27-21(15-33-23)24(29)28-34(30,31)20-4-2-1-3-5-20/h1-12,15H,13-14H2,(H,28,29). The molecule has 0 aliphatic heterocycles. The van der Waals surface area contributed by atoms with Gasteiger partial charge < -0.3 is 4.74 Å². The van der Waals surface area contributed by atoms with Crippen LogP contribution in [0.5, 0.6) is 5.75 Å². The molecule has 0 fully saturated rings. The number of amides is 1. The first-order chi connectivity index (χ1) is 16.3. The smallest absolute Gasteiger partial charge is 0.284 e. The van der Waals surface area contributed by atoms with Crippen LogP contribution < -0.4 is 9.46 Å². The quantitative estimate of drug-likeness (QED) is 0.347. The van der Waals surface area contributed by atoms with E-state index in [1.165, 1.54) is 41.0 Å². The first kappa shape index (κ1) is 23.9. The number of nitrogens with one attached hydrogen (secondary N) is 1. The van der Waals surface area contributed by atoms with Gasteiger partial charge in [-0.15, -0.1) is 11.3 Å². The number of hydrogen-bond acceptors (Lipinski definition) is 6. The maximum atomic E-state index is 13.1. The lowest BCUT2D eigenvalue weighted by Crippen LogP contribution is -2.30. The molecule has 0 atom stereocenters. The Hall–Kier alpha value is -3.27. The lowest BCUT2D eigenvalue weighted by Gasteiger charge is -2.11. The summed E-state index contributed by atoms with van der Waals surface area (Å²) in [4.78, 5) is 16.8. The summed E-state index contributed by atoms with van der Waals surface area (Å²) in [6.45, 7) is 0.234. The van der Waals surface area contributed by atoms with Crippen LogP contribution in [0.3, 0.4) is 0 Å². The minimum atomic E-state index is -4.00. The van der Waals surface area contributed by atoms with Crippen molar-refractivity contribution in [3.05, 3.63) is 111 Å². The average Bonchev–Trinajstić information content (AvgIpc) is 3.29. The highest BCUT2D eigenvalue weighted by molar-refractivity contribution is 7.90. The molecule has 0 spiro atoms. The van der Waals surface area contributed by atoms with Crippen LogP contribution in [0, 0.1) is 5.82 Å². The Balaban J connectivity index is 1.46. The predicted molar refractivity (Wildman–Crippen MR) is 128 cm³/mol. The molecule has 4 aromatic rings. The van der Waals surface area contributed by atoms with E-state index >= 15 is 0 Å². The summed E-state index contributed by atoms with van der Waals surface area (Å²) in [5.41, 5.74) is 1.54. The molecule has 1 heterocycles. The van der Waals surface area contributed by atoms with E-state index in [2.05, 4.69) is 4.98 Å². The molecule has 34 heavy (non-hydrogen) atoms. The maximum absolute atomic E-state index is 13.1. The zero-order valence-electron chi connectivity index (χ0n) is 17.6. The third kappa shape index (κ3) is 5.99. The van der Waals surface area contributed by atoms with Crippen LogP contribution in [0.25, 0.3) is 0 Å². The van der Waals surface area contributed by atoms with Crippen molar-refractivity contribution in [2.45, 2.75) is 17.9 Å². The Labute approximate surface area is 205 Å². The highest BCUT2D eigenvalue weighted by Crippen LogP contribution is 2.27. The Morgan fingerprint density at radius 3 is 2.53 bits per heavy atom. The lowest BCUT2D eigenvalue weighted by molar-refractivity contribution is 0.0977. The molecule has 0 radical (unpaired) electrons. The van der Waals surface area contributed by atoms with Crippen molar-refractivity contribution in [1.29, 1.82) is 0 Å². The van der Waals surface area contributed by atoms with Crippen molar-refractivity contribution in [3.63, 3.8) is 0 Å². The van der Waals surface area contributed by atoms with Crippen molar-refractivity contribution >= 4 is 38.9 Å².